The summed E-state index contributed by atoms with van der Waals surface area (Å²) in [6, 6.07) is 7.22. The zero-order valence-corrected chi connectivity index (χ0v) is 10.6. The van der Waals surface area contributed by atoms with Crippen molar-refractivity contribution in [3.05, 3.63) is 53.6 Å². The van der Waals surface area contributed by atoms with E-state index in [0.29, 0.717) is 5.56 Å². The fourth-order valence-electron chi connectivity index (χ4n) is 1.89. The van der Waals surface area contributed by atoms with E-state index >= 15 is 0 Å². The molecule has 0 aromatic heterocycles. The summed E-state index contributed by atoms with van der Waals surface area (Å²) in [6.07, 6.45) is 0. The van der Waals surface area contributed by atoms with Crippen LogP contribution in [0.25, 0.3) is 11.1 Å². The van der Waals surface area contributed by atoms with E-state index in [2.05, 4.69) is 0 Å². The van der Waals surface area contributed by atoms with Crippen LogP contribution in [0.5, 0.6) is 5.75 Å². The van der Waals surface area contributed by atoms with E-state index in [-0.39, 0.29) is 16.9 Å². The normalized spacial score (nSPS) is 12.2. The largest absolute Gasteiger partial charge is 0.507 e. The number of carboxylic acids is 1. The first-order chi connectivity index (χ1) is 9.40. The molecule has 2 aromatic rings. The lowest BCUT2D eigenvalue weighted by Crippen LogP contribution is -2.07. The zero-order chi connectivity index (χ0) is 14.9. The van der Waals surface area contributed by atoms with Crippen LogP contribution in [0.2, 0.25) is 0 Å². The predicted octanol–water partition coefficient (Wildman–Crippen LogP) is 3.53. The van der Waals surface area contributed by atoms with Crippen LogP contribution in [0.3, 0.4) is 0 Å². The van der Waals surface area contributed by atoms with Gasteiger partial charge in [0.25, 0.3) is 0 Å². The topological polar surface area (TPSA) is 57.5 Å². The van der Waals surface area contributed by atoms with Crippen molar-refractivity contribution in [3.63, 3.8) is 0 Å². The molecule has 104 valence electrons. The summed E-state index contributed by atoms with van der Waals surface area (Å²) in [5.74, 6) is -3.55. The van der Waals surface area contributed by atoms with E-state index in [1.54, 1.807) is 0 Å². The molecular formula is C15H12F2O3. The van der Waals surface area contributed by atoms with E-state index in [1.807, 2.05) is 0 Å². The number of carboxylic acid groups (broad SMARTS) is 1. The number of hydrogen-bond acceptors (Lipinski definition) is 2. The monoisotopic (exact) mass is 278 g/mol. The molecular weight excluding hydrogens is 266 g/mol. The second-order valence-electron chi connectivity index (χ2n) is 4.46. The number of hydrogen-bond donors (Lipinski definition) is 2. The maximum atomic E-state index is 14.0. The third-order valence-corrected chi connectivity index (χ3v) is 3.11. The van der Waals surface area contributed by atoms with Crippen LogP contribution in [-0.2, 0) is 4.79 Å². The van der Waals surface area contributed by atoms with Gasteiger partial charge in [-0.15, -0.1) is 0 Å². The molecule has 0 aliphatic heterocycles. The van der Waals surface area contributed by atoms with Crippen molar-refractivity contribution in [2.24, 2.45) is 0 Å². The van der Waals surface area contributed by atoms with Gasteiger partial charge in [-0.1, -0.05) is 12.1 Å². The molecule has 0 saturated carbocycles. The van der Waals surface area contributed by atoms with E-state index in [9.17, 15) is 18.7 Å². The predicted molar refractivity (Wildman–Crippen MR) is 69.5 cm³/mol. The fraction of sp³-hybridized carbons (Fsp3) is 0.133. The van der Waals surface area contributed by atoms with Gasteiger partial charge in [0.1, 0.15) is 17.4 Å². The van der Waals surface area contributed by atoms with Gasteiger partial charge in [0, 0.05) is 17.2 Å². The lowest BCUT2D eigenvalue weighted by Gasteiger charge is -2.10. The Bertz CT molecular complexity index is 668. The molecule has 0 aliphatic carbocycles. The Hall–Kier alpha value is -2.43. The number of benzene rings is 2. The van der Waals surface area contributed by atoms with Gasteiger partial charge < -0.3 is 10.2 Å². The molecule has 0 saturated heterocycles. The summed E-state index contributed by atoms with van der Waals surface area (Å²) in [4.78, 5) is 10.9. The summed E-state index contributed by atoms with van der Waals surface area (Å²) in [5, 5.41) is 18.5. The summed E-state index contributed by atoms with van der Waals surface area (Å²) < 4.78 is 26.9. The Morgan fingerprint density at radius 2 is 1.75 bits per heavy atom. The van der Waals surface area contributed by atoms with Crippen molar-refractivity contribution in [1.29, 1.82) is 0 Å². The van der Waals surface area contributed by atoms with Gasteiger partial charge in [-0.2, -0.15) is 0 Å². The smallest absolute Gasteiger partial charge is 0.310 e. The number of carbonyl (C=O) groups is 1. The van der Waals surface area contributed by atoms with Gasteiger partial charge in [-0.3, -0.25) is 4.79 Å². The summed E-state index contributed by atoms with van der Waals surface area (Å²) >= 11 is 0. The lowest BCUT2D eigenvalue weighted by molar-refractivity contribution is -0.138. The molecule has 5 heteroatoms. The zero-order valence-electron chi connectivity index (χ0n) is 10.6. The second-order valence-corrected chi connectivity index (χ2v) is 4.46. The van der Waals surface area contributed by atoms with Crippen molar-refractivity contribution in [2.45, 2.75) is 12.8 Å². The number of phenolic OH excluding ortho intramolecular Hbond substituents is 1. The molecule has 1 unspecified atom stereocenters. The molecule has 0 spiro atoms. The van der Waals surface area contributed by atoms with Crippen molar-refractivity contribution in [2.75, 3.05) is 0 Å². The Morgan fingerprint density at radius 3 is 2.30 bits per heavy atom. The molecule has 0 heterocycles. The van der Waals surface area contributed by atoms with Crippen molar-refractivity contribution in [3.8, 4) is 16.9 Å². The Kier molecular flexibility index (Phi) is 3.70. The number of aromatic hydroxyl groups is 1. The molecule has 2 rings (SSSR count). The molecule has 0 amide bonds. The van der Waals surface area contributed by atoms with Gasteiger partial charge in [-0.25, -0.2) is 8.78 Å². The number of rotatable bonds is 3. The van der Waals surface area contributed by atoms with E-state index in [0.717, 1.165) is 18.2 Å². The molecule has 2 aromatic carbocycles. The minimum Gasteiger partial charge on any atom is -0.507 e. The molecule has 3 nitrogen and oxygen atoms in total. The summed E-state index contributed by atoms with van der Waals surface area (Å²) in [5.41, 5.74) is 0.558. The Balaban J connectivity index is 2.47. The Morgan fingerprint density at radius 1 is 1.10 bits per heavy atom. The average molecular weight is 278 g/mol. The number of phenols is 1. The molecule has 0 radical (unpaired) electrons. The highest BCUT2D eigenvalue weighted by atomic mass is 19.1. The van der Waals surface area contributed by atoms with Gasteiger partial charge >= 0.3 is 5.97 Å². The summed E-state index contributed by atoms with van der Waals surface area (Å²) in [6.45, 7) is 1.45. The van der Waals surface area contributed by atoms with Crippen LogP contribution in [0.15, 0.2) is 36.4 Å². The summed E-state index contributed by atoms with van der Waals surface area (Å²) in [7, 11) is 0. The SMILES string of the molecule is CC(C(=O)O)c1ccc(-c2ccc(F)cc2O)c(F)c1. The van der Waals surface area contributed by atoms with Crippen molar-refractivity contribution < 1.29 is 23.8 Å². The van der Waals surface area contributed by atoms with Crippen LogP contribution in [-0.4, -0.2) is 16.2 Å². The maximum Gasteiger partial charge on any atom is 0.310 e. The number of halogens is 2. The third kappa shape index (κ3) is 2.61. The fourth-order valence-corrected chi connectivity index (χ4v) is 1.89. The molecule has 0 bridgehead atoms. The van der Waals surface area contributed by atoms with E-state index in [1.165, 1.54) is 25.1 Å². The maximum absolute atomic E-state index is 14.0. The molecule has 0 aliphatic rings. The lowest BCUT2D eigenvalue weighted by atomic mass is 9.96. The highest BCUT2D eigenvalue weighted by molar-refractivity contribution is 5.77. The van der Waals surface area contributed by atoms with Crippen LogP contribution in [0.4, 0.5) is 8.78 Å². The van der Waals surface area contributed by atoms with Crippen LogP contribution in [0.1, 0.15) is 18.4 Å². The Labute approximate surface area is 114 Å². The molecule has 0 fully saturated rings. The van der Waals surface area contributed by atoms with Crippen LogP contribution >= 0.6 is 0 Å². The highest BCUT2D eigenvalue weighted by Crippen LogP contribution is 2.32. The first-order valence-electron chi connectivity index (χ1n) is 5.91. The molecule has 20 heavy (non-hydrogen) atoms. The average Bonchev–Trinajstić information content (AvgIpc) is 2.38. The standard InChI is InChI=1S/C15H12F2O3/c1-8(15(19)20)9-2-4-11(13(17)6-9)12-5-3-10(16)7-14(12)18/h2-8,18H,1H3,(H,19,20). The highest BCUT2D eigenvalue weighted by Gasteiger charge is 2.17. The first kappa shape index (κ1) is 14.0. The van der Waals surface area contributed by atoms with Gasteiger partial charge in [0.15, 0.2) is 0 Å². The van der Waals surface area contributed by atoms with Gasteiger partial charge in [0.05, 0.1) is 5.92 Å². The second kappa shape index (κ2) is 5.28. The van der Waals surface area contributed by atoms with E-state index < -0.39 is 23.5 Å². The minimum absolute atomic E-state index is 0.0869. The van der Waals surface area contributed by atoms with Gasteiger partial charge in [0.2, 0.25) is 0 Å². The molecule has 2 N–H and O–H groups in total. The molecule has 1 atom stereocenters. The number of aliphatic carboxylic acids is 1. The van der Waals surface area contributed by atoms with Crippen molar-refractivity contribution >= 4 is 5.97 Å². The van der Waals surface area contributed by atoms with Crippen LogP contribution < -0.4 is 0 Å². The van der Waals surface area contributed by atoms with Crippen molar-refractivity contribution in [1.82, 2.24) is 0 Å². The van der Waals surface area contributed by atoms with Crippen LogP contribution in [0, 0.1) is 11.6 Å². The minimum atomic E-state index is -1.05. The van der Waals surface area contributed by atoms with Gasteiger partial charge in [-0.05, 0) is 30.7 Å². The first-order valence-corrected chi connectivity index (χ1v) is 5.91. The quantitative estimate of drug-likeness (QED) is 0.903. The third-order valence-electron chi connectivity index (χ3n) is 3.11. The van der Waals surface area contributed by atoms with E-state index in [4.69, 9.17) is 5.11 Å².